The molecule has 0 spiro atoms. The van der Waals surface area contributed by atoms with E-state index in [1.165, 1.54) is 16.2 Å². The minimum atomic E-state index is -0.677. The Balaban J connectivity index is 1.69. The van der Waals surface area contributed by atoms with Gasteiger partial charge in [0.05, 0.1) is 12.2 Å². The summed E-state index contributed by atoms with van der Waals surface area (Å²) >= 11 is 1.45. The van der Waals surface area contributed by atoms with Crippen LogP contribution in [0.25, 0.3) is 5.76 Å². The second-order valence-electron chi connectivity index (χ2n) is 7.44. The predicted octanol–water partition coefficient (Wildman–Crippen LogP) is 4.62. The highest BCUT2D eigenvalue weighted by Gasteiger charge is 2.47. The van der Waals surface area contributed by atoms with Gasteiger partial charge in [-0.1, -0.05) is 18.2 Å². The lowest BCUT2D eigenvalue weighted by atomic mass is 9.98. The van der Waals surface area contributed by atoms with E-state index in [2.05, 4.69) is 0 Å². The zero-order chi connectivity index (χ0) is 20.8. The summed E-state index contributed by atoms with van der Waals surface area (Å²) in [4.78, 5) is 28.5. The maximum absolute atomic E-state index is 13.1. The number of carbonyl (C=O) groups is 2. The number of amides is 1. The number of ether oxygens (including phenoxy) is 1. The molecule has 5 rings (SSSR count). The van der Waals surface area contributed by atoms with Gasteiger partial charge in [-0.25, -0.2) is 0 Å². The topological polar surface area (TPSA) is 66.8 Å². The Hall–Kier alpha value is -3.38. The number of aliphatic hydroxyl groups is 1. The Kier molecular flexibility index (Phi) is 4.44. The highest BCUT2D eigenvalue weighted by molar-refractivity contribution is 7.10. The number of aliphatic hydroxyl groups excluding tert-OH is 1. The SMILES string of the molecule is Cc1cccc(N2C(=O)C(=O)/C(=C(\O)c3ccc4c(c3)CCO4)C2c2cccs2)c1. The molecule has 6 heteroatoms. The monoisotopic (exact) mass is 417 g/mol. The van der Waals surface area contributed by atoms with E-state index in [4.69, 9.17) is 4.74 Å². The van der Waals surface area contributed by atoms with E-state index in [1.54, 1.807) is 12.1 Å². The summed E-state index contributed by atoms with van der Waals surface area (Å²) in [6, 6.07) is 15.9. The van der Waals surface area contributed by atoms with Crippen molar-refractivity contribution >= 4 is 34.5 Å². The van der Waals surface area contributed by atoms with Gasteiger partial charge in [-0.2, -0.15) is 0 Å². The zero-order valence-corrected chi connectivity index (χ0v) is 17.1. The lowest BCUT2D eigenvalue weighted by molar-refractivity contribution is -0.132. The molecule has 1 unspecified atom stereocenters. The van der Waals surface area contributed by atoms with Gasteiger partial charge in [0, 0.05) is 22.5 Å². The zero-order valence-electron chi connectivity index (χ0n) is 16.3. The largest absolute Gasteiger partial charge is 0.507 e. The van der Waals surface area contributed by atoms with Crippen LogP contribution in [-0.2, 0) is 16.0 Å². The number of benzene rings is 2. The standard InChI is InChI=1S/C24H19NO4S/c1-14-4-2-5-17(12-14)25-21(19-6-3-11-30-19)20(23(27)24(25)28)22(26)16-7-8-18-15(13-16)9-10-29-18/h2-8,11-13,21,26H,9-10H2,1H3/b22-20-. The molecule has 1 aromatic heterocycles. The minimum Gasteiger partial charge on any atom is -0.507 e. The number of Topliss-reactive ketones (excluding diaryl/α,β-unsaturated/α-hetero) is 1. The number of carbonyl (C=O) groups excluding carboxylic acids is 2. The second kappa shape index (κ2) is 7.15. The van der Waals surface area contributed by atoms with Crippen molar-refractivity contribution < 1.29 is 19.4 Å². The number of ketones is 1. The highest BCUT2D eigenvalue weighted by atomic mass is 32.1. The van der Waals surface area contributed by atoms with Gasteiger partial charge in [-0.3, -0.25) is 14.5 Å². The first-order valence-corrected chi connectivity index (χ1v) is 10.6. The Morgan fingerprint density at radius 2 is 2.00 bits per heavy atom. The molecule has 1 amide bonds. The van der Waals surface area contributed by atoms with Gasteiger partial charge in [0.15, 0.2) is 0 Å². The molecule has 2 aromatic carbocycles. The summed E-state index contributed by atoms with van der Waals surface area (Å²) in [5.41, 5.74) is 3.24. The lowest BCUT2D eigenvalue weighted by Gasteiger charge is -2.24. The predicted molar refractivity (Wildman–Crippen MR) is 116 cm³/mol. The van der Waals surface area contributed by atoms with Crippen molar-refractivity contribution in [2.75, 3.05) is 11.5 Å². The van der Waals surface area contributed by atoms with Crippen molar-refractivity contribution in [1.29, 1.82) is 0 Å². The van der Waals surface area contributed by atoms with Gasteiger partial charge in [0.2, 0.25) is 0 Å². The quantitative estimate of drug-likeness (QED) is 0.384. The van der Waals surface area contributed by atoms with Crippen LogP contribution in [0.5, 0.6) is 5.75 Å². The Labute approximate surface area is 177 Å². The fourth-order valence-corrected chi connectivity index (χ4v) is 4.91. The summed E-state index contributed by atoms with van der Waals surface area (Å²) in [5, 5.41) is 13.1. The number of nitrogens with zero attached hydrogens (tertiary/aromatic N) is 1. The van der Waals surface area contributed by atoms with Crippen molar-refractivity contribution in [2.24, 2.45) is 0 Å². The van der Waals surface area contributed by atoms with Gasteiger partial charge >= 0.3 is 0 Å². The third kappa shape index (κ3) is 2.92. The van der Waals surface area contributed by atoms with Gasteiger partial charge in [0.25, 0.3) is 11.7 Å². The van der Waals surface area contributed by atoms with Crippen molar-refractivity contribution in [2.45, 2.75) is 19.4 Å². The Morgan fingerprint density at radius 3 is 2.77 bits per heavy atom. The molecule has 30 heavy (non-hydrogen) atoms. The molecule has 150 valence electrons. The summed E-state index contributed by atoms with van der Waals surface area (Å²) in [7, 11) is 0. The van der Waals surface area contributed by atoms with Crippen LogP contribution in [0.3, 0.4) is 0 Å². The molecule has 2 aliphatic rings. The molecule has 1 fully saturated rings. The van der Waals surface area contributed by atoms with Gasteiger partial charge < -0.3 is 9.84 Å². The van der Waals surface area contributed by atoms with E-state index in [9.17, 15) is 14.7 Å². The molecule has 0 bridgehead atoms. The smallest absolute Gasteiger partial charge is 0.300 e. The molecular weight excluding hydrogens is 398 g/mol. The number of anilines is 1. The van der Waals surface area contributed by atoms with Crippen molar-refractivity contribution in [3.63, 3.8) is 0 Å². The first-order chi connectivity index (χ1) is 14.5. The number of fused-ring (bicyclic) bond motifs is 1. The van der Waals surface area contributed by atoms with Crippen LogP contribution in [0.4, 0.5) is 5.69 Å². The molecular formula is C24H19NO4S. The lowest BCUT2D eigenvalue weighted by Crippen LogP contribution is -2.29. The van der Waals surface area contributed by atoms with Crippen molar-refractivity contribution in [3.8, 4) is 5.75 Å². The van der Waals surface area contributed by atoms with Gasteiger partial charge in [-0.05, 0) is 59.8 Å². The van der Waals surface area contributed by atoms with Crippen LogP contribution in [-0.4, -0.2) is 23.4 Å². The average molecular weight is 417 g/mol. The molecule has 1 atom stereocenters. The first kappa shape index (κ1) is 18.6. The van der Waals surface area contributed by atoms with Crippen LogP contribution in [0, 0.1) is 6.92 Å². The fourth-order valence-electron chi connectivity index (χ4n) is 4.08. The summed E-state index contributed by atoms with van der Waals surface area (Å²) in [5.74, 6) is -0.674. The van der Waals surface area contributed by atoms with Crippen LogP contribution < -0.4 is 9.64 Å². The molecule has 0 radical (unpaired) electrons. The van der Waals surface area contributed by atoms with Gasteiger partial charge in [-0.15, -0.1) is 11.3 Å². The van der Waals surface area contributed by atoms with E-state index >= 15 is 0 Å². The van der Waals surface area contributed by atoms with Crippen molar-refractivity contribution in [1.82, 2.24) is 0 Å². The average Bonchev–Trinajstić information content (AvgIpc) is 3.47. The summed E-state index contributed by atoms with van der Waals surface area (Å²) in [6.07, 6.45) is 0.752. The Morgan fingerprint density at radius 1 is 1.13 bits per heavy atom. The summed E-state index contributed by atoms with van der Waals surface area (Å²) < 4.78 is 5.54. The van der Waals surface area contributed by atoms with Crippen LogP contribution in [0.2, 0.25) is 0 Å². The highest BCUT2D eigenvalue weighted by Crippen LogP contribution is 2.44. The molecule has 3 heterocycles. The number of hydrogen-bond donors (Lipinski definition) is 1. The third-order valence-electron chi connectivity index (χ3n) is 5.50. The molecule has 1 N–H and O–H groups in total. The minimum absolute atomic E-state index is 0.114. The normalized spacial score (nSPS) is 19.8. The van der Waals surface area contributed by atoms with Crippen molar-refractivity contribution in [3.05, 3.63) is 87.1 Å². The first-order valence-electron chi connectivity index (χ1n) is 9.72. The second-order valence-corrected chi connectivity index (χ2v) is 8.42. The van der Waals surface area contributed by atoms with E-state index in [0.717, 1.165) is 28.2 Å². The molecule has 2 aliphatic heterocycles. The van der Waals surface area contributed by atoms with Crippen LogP contribution in [0.15, 0.2) is 65.6 Å². The molecule has 1 saturated heterocycles. The maximum Gasteiger partial charge on any atom is 0.300 e. The Bertz CT molecular complexity index is 1200. The number of hydrogen-bond acceptors (Lipinski definition) is 5. The van der Waals surface area contributed by atoms with Crippen LogP contribution in [0.1, 0.15) is 27.6 Å². The third-order valence-corrected chi connectivity index (χ3v) is 6.42. The number of aryl methyl sites for hydroxylation is 1. The molecule has 5 nitrogen and oxygen atoms in total. The molecule has 0 aliphatic carbocycles. The van der Waals surface area contributed by atoms with Gasteiger partial charge in [0.1, 0.15) is 17.6 Å². The van der Waals surface area contributed by atoms with E-state index < -0.39 is 17.7 Å². The van der Waals surface area contributed by atoms with E-state index in [0.29, 0.717) is 17.9 Å². The van der Waals surface area contributed by atoms with Crippen LogP contribution >= 0.6 is 11.3 Å². The molecule has 0 saturated carbocycles. The molecule has 3 aromatic rings. The van der Waals surface area contributed by atoms with E-state index in [-0.39, 0.29) is 11.3 Å². The maximum atomic E-state index is 13.1. The number of rotatable bonds is 3. The fraction of sp³-hybridized carbons (Fsp3) is 0.167. The number of thiophene rings is 1. The van der Waals surface area contributed by atoms with E-state index in [1.807, 2.05) is 54.8 Å². The summed E-state index contributed by atoms with van der Waals surface area (Å²) in [6.45, 7) is 2.54.